The Kier molecular flexibility index (Phi) is 6.31. The Hall–Kier alpha value is -3.07. The molecule has 0 aliphatic carbocycles. The molecule has 1 N–H and O–H groups in total. The predicted molar refractivity (Wildman–Crippen MR) is 99.4 cm³/mol. The third kappa shape index (κ3) is 4.56. The van der Waals surface area contributed by atoms with Gasteiger partial charge in [-0.15, -0.1) is 0 Å². The lowest BCUT2D eigenvalue weighted by atomic mass is 9.80. The lowest BCUT2D eigenvalue weighted by Crippen LogP contribution is -2.39. The molecule has 30 heavy (non-hydrogen) atoms. The minimum absolute atomic E-state index is 0.0892. The van der Waals surface area contributed by atoms with Gasteiger partial charge in [0.05, 0.1) is 6.54 Å². The molecule has 2 aromatic carbocycles. The van der Waals surface area contributed by atoms with Crippen LogP contribution in [0.5, 0.6) is 0 Å². The smallest absolute Gasteiger partial charge is 0.194 e. The molecule has 0 radical (unpaired) electrons. The molecule has 4 nitrogen and oxygen atoms in total. The van der Waals surface area contributed by atoms with Crippen LogP contribution < -0.4 is 0 Å². The van der Waals surface area contributed by atoms with Crippen molar-refractivity contribution in [3.63, 3.8) is 0 Å². The van der Waals surface area contributed by atoms with Crippen molar-refractivity contribution >= 4 is 6.08 Å². The van der Waals surface area contributed by atoms with E-state index in [2.05, 4.69) is 10.1 Å². The van der Waals surface area contributed by atoms with Gasteiger partial charge in [0, 0.05) is 11.6 Å². The molecule has 0 saturated heterocycles. The van der Waals surface area contributed by atoms with Gasteiger partial charge < -0.3 is 5.11 Å². The standard InChI is InChI=1S/C21H18F5N3O/c1-13(3-2-4-14-7-18(24)20(26)19(25)8-14)21(30,10-29-12-27-11-28-29)16-6-5-15(22)9-17(16)23/h2,4-9,11-13,30H,3,10H2,1H3/b4-2+/t13-,21+/m0/s1. The fourth-order valence-electron chi connectivity index (χ4n) is 3.18. The number of nitrogens with zero attached hydrogens (tertiary/aromatic N) is 3. The highest BCUT2D eigenvalue weighted by molar-refractivity contribution is 5.49. The molecule has 0 spiro atoms. The van der Waals surface area contributed by atoms with Crippen LogP contribution in [0, 0.1) is 35.0 Å². The van der Waals surface area contributed by atoms with Gasteiger partial charge in [-0.25, -0.2) is 31.6 Å². The van der Waals surface area contributed by atoms with Gasteiger partial charge in [-0.1, -0.05) is 25.1 Å². The van der Waals surface area contributed by atoms with E-state index in [4.69, 9.17) is 0 Å². The number of hydrogen-bond donors (Lipinski definition) is 1. The molecule has 3 aromatic rings. The van der Waals surface area contributed by atoms with Gasteiger partial charge in [0.2, 0.25) is 0 Å². The molecule has 0 saturated carbocycles. The summed E-state index contributed by atoms with van der Waals surface area (Å²) in [6.07, 6.45) is 5.63. The Balaban J connectivity index is 1.87. The van der Waals surface area contributed by atoms with Gasteiger partial charge in [-0.3, -0.25) is 0 Å². The van der Waals surface area contributed by atoms with Gasteiger partial charge in [-0.2, -0.15) is 5.10 Å². The first-order chi connectivity index (χ1) is 14.2. The van der Waals surface area contributed by atoms with E-state index in [-0.39, 0.29) is 24.1 Å². The highest BCUT2D eigenvalue weighted by atomic mass is 19.2. The second-order valence-corrected chi connectivity index (χ2v) is 6.98. The SMILES string of the molecule is C[C@@H](C/C=C/c1cc(F)c(F)c(F)c1)[C@](O)(Cn1cncn1)c1ccc(F)cc1F. The van der Waals surface area contributed by atoms with E-state index in [9.17, 15) is 27.1 Å². The van der Waals surface area contributed by atoms with Crippen LogP contribution >= 0.6 is 0 Å². The van der Waals surface area contributed by atoms with Crippen molar-refractivity contribution in [3.8, 4) is 0 Å². The summed E-state index contributed by atoms with van der Waals surface area (Å²) in [5, 5.41) is 15.3. The number of benzene rings is 2. The van der Waals surface area contributed by atoms with Gasteiger partial charge in [-0.05, 0) is 36.1 Å². The number of rotatable bonds is 7. The number of aromatic nitrogens is 3. The van der Waals surface area contributed by atoms with Crippen molar-refractivity contribution in [2.45, 2.75) is 25.5 Å². The van der Waals surface area contributed by atoms with Crippen LogP contribution in [-0.4, -0.2) is 19.9 Å². The van der Waals surface area contributed by atoms with Gasteiger partial charge in [0.1, 0.15) is 29.9 Å². The Morgan fingerprint density at radius 2 is 1.77 bits per heavy atom. The zero-order chi connectivity index (χ0) is 21.9. The van der Waals surface area contributed by atoms with Crippen LogP contribution in [0.1, 0.15) is 24.5 Å². The quantitative estimate of drug-likeness (QED) is 0.446. The van der Waals surface area contributed by atoms with Crippen LogP contribution in [0.2, 0.25) is 0 Å². The molecule has 0 aliphatic heterocycles. The monoisotopic (exact) mass is 423 g/mol. The third-order valence-corrected chi connectivity index (χ3v) is 4.89. The maximum absolute atomic E-state index is 14.5. The molecule has 0 bridgehead atoms. The van der Waals surface area contributed by atoms with Crippen molar-refractivity contribution in [1.29, 1.82) is 0 Å². The van der Waals surface area contributed by atoms with Crippen LogP contribution in [0.15, 0.2) is 49.1 Å². The van der Waals surface area contributed by atoms with E-state index >= 15 is 0 Å². The van der Waals surface area contributed by atoms with E-state index in [1.54, 1.807) is 6.92 Å². The molecule has 0 amide bonds. The molecular weight excluding hydrogens is 405 g/mol. The zero-order valence-corrected chi connectivity index (χ0v) is 15.9. The summed E-state index contributed by atoms with van der Waals surface area (Å²) in [5.74, 6) is -6.54. The molecule has 2 atom stereocenters. The second-order valence-electron chi connectivity index (χ2n) is 6.98. The molecule has 0 unspecified atom stereocenters. The molecule has 9 heteroatoms. The molecule has 158 valence electrons. The largest absolute Gasteiger partial charge is 0.383 e. The summed E-state index contributed by atoms with van der Waals surface area (Å²) in [6, 6.07) is 4.54. The number of halogens is 5. The first-order valence-corrected chi connectivity index (χ1v) is 9.02. The average Bonchev–Trinajstić information content (AvgIpc) is 3.18. The lowest BCUT2D eigenvalue weighted by Gasteiger charge is -2.34. The minimum Gasteiger partial charge on any atom is -0.383 e. The minimum atomic E-state index is -1.80. The number of allylic oxidation sites excluding steroid dienone is 1. The summed E-state index contributed by atoms with van der Waals surface area (Å²) in [4.78, 5) is 3.79. The fraction of sp³-hybridized carbons (Fsp3) is 0.238. The van der Waals surface area contributed by atoms with Crippen molar-refractivity contribution in [3.05, 3.63) is 89.3 Å². The summed E-state index contributed by atoms with van der Waals surface area (Å²) in [5.41, 5.74) is -1.83. The van der Waals surface area contributed by atoms with Crippen LogP contribution in [0.25, 0.3) is 6.08 Å². The molecule has 0 aliphatic rings. The molecule has 1 aromatic heterocycles. The van der Waals surface area contributed by atoms with Crippen molar-refractivity contribution in [2.24, 2.45) is 5.92 Å². The van der Waals surface area contributed by atoms with Crippen molar-refractivity contribution in [1.82, 2.24) is 14.8 Å². The lowest BCUT2D eigenvalue weighted by molar-refractivity contribution is -0.0379. The molecule has 3 rings (SSSR count). The number of aliphatic hydroxyl groups is 1. The Bertz CT molecular complexity index is 1030. The van der Waals surface area contributed by atoms with Gasteiger partial charge in [0.25, 0.3) is 0 Å². The first kappa shape index (κ1) is 21.6. The van der Waals surface area contributed by atoms with Crippen LogP contribution in [0.4, 0.5) is 22.0 Å². The molecule has 1 heterocycles. The summed E-state index contributed by atoms with van der Waals surface area (Å²) in [6.45, 7) is 1.47. The van der Waals surface area contributed by atoms with E-state index in [0.717, 1.165) is 24.3 Å². The fourth-order valence-corrected chi connectivity index (χ4v) is 3.18. The molecular formula is C21H18F5N3O. The van der Waals surface area contributed by atoms with Crippen LogP contribution in [0.3, 0.4) is 0 Å². The average molecular weight is 423 g/mol. The second kappa shape index (κ2) is 8.74. The summed E-state index contributed by atoms with van der Waals surface area (Å²) in [7, 11) is 0. The Morgan fingerprint density at radius 1 is 1.07 bits per heavy atom. The van der Waals surface area contributed by atoms with Crippen molar-refractivity contribution < 1.29 is 27.1 Å². The maximum Gasteiger partial charge on any atom is 0.194 e. The zero-order valence-electron chi connectivity index (χ0n) is 15.9. The van der Waals surface area contributed by atoms with E-state index in [1.807, 2.05) is 0 Å². The summed E-state index contributed by atoms with van der Waals surface area (Å²) < 4.78 is 68.9. The highest BCUT2D eigenvalue weighted by Crippen LogP contribution is 2.35. The summed E-state index contributed by atoms with van der Waals surface area (Å²) >= 11 is 0. The Morgan fingerprint density at radius 3 is 2.37 bits per heavy atom. The van der Waals surface area contributed by atoms with E-state index in [1.165, 1.54) is 29.5 Å². The molecule has 0 fully saturated rings. The maximum atomic E-state index is 14.5. The third-order valence-electron chi connectivity index (χ3n) is 4.89. The predicted octanol–water partition coefficient (Wildman–Crippen LogP) is 4.60. The van der Waals surface area contributed by atoms with E-state index in [0.29, 0.717) is 6.07 Å². The van der Waals surface area contributed by atoms with Gasteiger partial charge >= 0.3 is 0 Å². The normalized spacial score (nSPS) is 14.8. The van der Waals surface area contributed by atoms with E-state index < -0.39 is 40.6 Å². The van der Waals surface area contributed by atoms with Crippen molar-refractivity contribution in [2.75, 3.05) is 0 Å². The van der Waals surface area contributed by atoms with Crippen LogP contribution in [-0.2, 0) is 12.1 Å². The topological polar surface area (TPSA) is 50.9 Å². The Labute approximate surface area is 169 Å². The van der Waals surface area contributed by atoms with Gasteiger partial charge in [0.15, 0.2) is 17.5 Å². The first-order valence-electron chi connectivity index (χ1n) is 9.02. The number of hydrogen-bond acceptors (Lipinski definition) is 3. The highest BCUT2D eigenvalue weighted by Gasteiger charge is 2.38.